The number of nitrogens with one attached hydrogen (secondary N) is 1. The quantitative estimate of drug-likeness (QED) is 0.850. The Bertz CT molecular complexity index is 544. The number of benzene rings is 1. The minimum Gasteiger partial charge on any atom is -0.493 e. The number of ether oxygens (including phenoxy) is 3. The van der Waals surface area contributed by atoms with Crippen molar-refractivity contribution >= 4 is 11.3 Å². The maximum atomic E-state index is 5.44. The van der Waals surface area contributed by atoms with Crippen molar-refractivity contribution in [3.05, 3.63) is 34.3 Å². The number of hydrogen-bond donors (Lipinski definition) is 1. The molecule has 0 spiro atoms. The Morgan fingerprint density at radius 2 is 1.85 bits per heavy atom. The van der Waals surface area contributed by atoms with E-state index in [2.05, 4.69) is 10.3 Å². The van der Waals surface area contributed by atoms with Gasteiger partial charge < -0.3 is 19.5 Å². The molecule has 108 valence electrons. The summed E-state index contributed by atoms with van der Waals surface area (Å²) in [6, 6.07) is 3.84. The van der Waals surface area contributed by atoms with Gasteiger partial charge in [0.2, 0.25) is 5.75 Å². The molecule has 1 heterocycles. The van der Waals surface area contributed by atoms with Gasteiger partial charge >= 0.3 is 0 Å². The van der Waals surface area contributed by atoms with Gasteiger partial charge in [0.25, 0.3) is 0 Å². The Labute approximate surface area is 122 Å². The second-order valence-electron chi connectivity index (χ2n) is 4.02. The Morgan fingerprint density at radius 3 is 2.45 bits per heavy atom. The van der Waals surface area contributed by atoms with Gasteiger partial charge in [0, 0.05) is 30.2 Å². The lowest BCUT2D eigenvalue weighted by molar-refractivity contribution is 0.321. The van der Waals surface area contributed by atoms with Gasteiger partial charge in [0.15, 0.2) is 11.5 Å². The smallest absolute Gasteiger partial charge is 0.203 e. The van der Waals surface area contributed by atoms with Crippen LogP contribution in [0.1, 0.15) is 10.6 Å². The van der Waals surface area contributed by atoms with Crippen LogP contribution in [0.4, 0.5) is 0 Å². The van der Waals surface area contributed by atoms with Gasteiger partial charge in [-0.25, -0.2) is 4.98 Å². The van der Waals surface area contributed by atoms with E-state index < -0.39 is 0 Å². The first-order chi connectivity index (χ1) is 9.80. The topological polar surface area (TPSA) is 52.6 Å². The lowest BCUT2D eigenvalue weighted by Gasteiger charge is -2.15. The summed E-state index contributed by atoms with van der Waals surface area (Å²) in [4.78, 5) is 4.23. The molecule has 0 radical (unpaired) electrons. The molecule has 2 rings (SSSR count). The maximum Gasteiger partial charge on any atom is 0.203 e. The first kappa shape index (κ1) is 14.6. The molecule has 2 aromatic rings. The zero-order valence-electron chi connectivity index (χ0n) is 11.8. The number of methoxy groups -OCH3 is 3. The van der Waals surface area contributed by atoms with Crippen molar-refractivity contribution in [2.75, 3.05) is 21.3 Å². The standard InChI is InChI=1S/C14H18N2O3S/c1-17-11-5-4-10(13(18-2)14(11)19-3)8-15-9-12-16-6-7-20-12/h4-7,15H,8-9H2,1-3H3. The highest BCUT2D eigenvalue weighted by Gasteiger charge is 2.15. The molecule has 1 aromatic heterocycles. The average molecular weight is 294 g/mol. The third-order valence-corrected chi connectivity index (χ3v) is 3.64. The molecule has 5 nitrogen and oxygen atoms in total. The molecule has 0 saturated heterocycles. The SMILES string of the molecule is COc1ccc(CNCc2nccs2)c(OC)c1OC. The van der Waals surface area contributed by atoms with E-state index in [1.807, 2.05) is 17.5 Å². The van der Waals surface area contributed by atoms with Crippen molar-refractivity contribution in [1.29, 1.82) is 0 Å². The fraction of sp³-hybridized carbons (Fsp3) is 0.357. The highest BCUT2D eigenvalue weighted by Crippen LogP contribution is 2.39. The Balaban J connectivity index is 2.10. The normalized spacial score (nSPS) is 10.3. The number of thiazole rings is 1. The molecular formula is C14H18N2O3S. The number of rotatable bonds is 7. The molecular weight excluding hydrogens is 276 g/mol. The van der Waals surface area contributed by atoms with Gasteiger partial charge in [0.05, 0.1) is 21.3 Å². The van der Waals surface area contributed by atoms with Crippen LogP contribution in [0.2, 0.25) is 0 Å². The second kappa shape index (κ2) is 7.12. The van der Waals surface area contributed by atoms with Crippen molar-refractivity contribution in [2.24, 2.45) is 0 Å². The average Bonchev–Trinajstić information content (AvgIpc) is 2.99. The van der Waals surface area contributed by atoms with E-state index in [-0.39, 0.29) is 0 Å². The number of hydrogen-bond acceptors (Lipinski definition) is 6. The van der Waals surface area contributed by atoms with Crippen molar-refractivity contribution in [1.82, 2.24) is 10.3 Å². The predicted octanol–water partition coefficient (Wildman–Crippen LogP) is 2.46. The van der Waals surface area contributed by atoms with E-state index in [0.717, 1.165) is 17.1 Å². The molecule has 1 N–H and O–H groups in total. The van der Waals surface area contributed by atoms with Crippen LogP contribution in [0.5, 0.6) is 17.2 Å². The Morgan fingerprint density at radius 1 is 1.05 bits per heavy atom. The summed E-state index contributed by atoms with van der Waals surface area (Å²) in [6.07, 6.45) is 1.80. The molecule has 0 fully saturated rings. The van der Waals surface area contributed by atoms with Gasteiger partial charge in [-0.1, -0.05) is 6.07 Å². The van der Waals surface area contributed by atoms with E-state index >= 15 is 0 Å². The second-order valence-corrected chi connectivity index (χ2v) is 5.00. The largest absolute Gasteiger partial charge is 0.493 e. The van der Waals surface area contributed by atoms with Gasteiger partial charge in [-0.2, -0.15) is 0 Å². The maximum absolute atomic E-state index is 5.44. The first-order valence-electron chi connectivity index (χ1n) is 6.17. The third-order valence-electron chi connectivity index (χ3n) is 2.86. The number of nitrogens with zero attached hydrogens (tertiary/aromatic N) is 1. The molecule has 20 heavy (non-hydrogen) atoms. The molecule has 0 aliphatic rings. The highest BCUT2D eigenvalue weighted by molar-refractivity contribution is 7.09. The summed E-state index contributed by atoms with van der Waals surface area (Å²) in [6.45, 7) is 1.40. The fourth-order valence-electron chi connectivity index (χ4n) is 1.95. The molecule has 6 heteroatoms. The van der Waals surface area contributed by atoms with Crippen LogP contribution in [0.25, 0.3) is 0 Å². The zero-order valence-corrected chi connectivity index (χ0v) is 12.6. The lowest BCUT2D eigenvalue weighted by Crippen LogP contribution is -2.13. The van der Waals surface area contributed by atoms with E-state index in [1.165, 1.54) is 0 Å². The zero-order chi connectivity index (χ0) is 14.4. The fourth-order valence-corrected chi connectivity index (χ4v) is 2.53. The van der Waals surface area contributed by atoms with Crippen LogP contribution in [0.15, 0.2) is 23.7 Å². The lowest BCUT2D eigenvalue weighted by atomic mass is 10.1. The van der Waals surface area contributed by atoms with Gasteiger partial charge in [-0.15, -0.1) is 11.3 Å². The van der Waals surface area contributed by atoms with E-state index in [4.69, 9.17) is 14.2 Å². The molecule has 0 atom stereocenters. The predicted molar refractivity (Wildman–Crippen MR) is 78.8 cm³/mol. The van der Waals surface area contributed by atoms with Crippen LogP contribution < -0.4 is 19.5 Å². The summed E-state index contributed by atoms with van der Waals surface area (Å²) in [5, 5.41) is 6.37. The van der Waals surface area contributed by atoms with Crippen molar-refractivity contribution < 1.29 is 14.2 Å². The van der Waals surface area contributed by atoms with Crippen molar-refractivity contribution in [3.63, 3.8) is 0 Å². The monoisotopic (exact) mass is 294 g/mol. The molecule has 0 bridgehead atoms. The summed E-state index contributed by atoms with van der Waals surface area (Å²) in [5.41, 5.74) is 1.02. The van der Waals surface area contributed by atoms with Crippen LogP contribution >= 0.6 is 11.3 Å². The van der Waals surface area contributed by atoms with E-state index in [0.29, 0.717) is 23.8 Å². The molecule has 0 aliphatic heterocycles. The highest BCUT2D eigenvalue weighted by atomic mass is 32.1. The molecule has 0 unspecified atom stereocenters. The van der Waals surface area contributed by atoms with Crippen molar-refractivity contribution in [2.45, 2.75) is 13.1 Å². The van der Waals surface area contributed by atoms with Crippen LogP contribution in [-0.4, -0.2) is 26.3 Å². The molecule has 0 amide bonds. The minimum absolute atomic E-state index is 0.614. The van der Waals surface area contributed by atoms with Crippen molar-refractivity contribution in [3.8, 4) is 17.2 Å². The third kappa shape index (κ3) is 3.20. The van der Waals surface area contributed by atoms with Crippen LogP contribution in [0.3, 0.4) is 0 Å². The van der Waals surface area contributed by atoms with Crippen LogP contribution in [-0.2, 0) is 13.1 Å². The number of aromatic nitrogens is 1. The summed E-state index contributed by atoms with van der Waals surface area (Å²) < 4.78 is 16.1. The van der Waals surface area contributed by atoms with Gasteiger partial charge in [0.1, 0.15) is 5.01 Å². The molecule has 1 aromatic carbocycles. The summed E-state index contributed by atoms with van der Waals surface area (Å²) in [7, 11) is 4.84. The Hall–Kier alpha value is -1.79. The summed E-state index contributed by atoms with van der Waals surface area (Å²) >= 11 is 1.63. The first-order valence-corrected chi connectivity index (χ1v) is 7.05. The Kier molecular flexibility index (Phi) is 5.20. The van der Waals surface area contributed by atoms with Crippen LogP contribution in [0, 0.1) is 0 Å². The molecule has 0 saturated carbocycles. The summed E-state index contributed by atoms with van der Waals surface area (Å²) in [5.74, 6) is 1.97. The van der Waals surface area contributed by atoms with E-state index in [1.54, 1.807) is 38.9 Å². The van der Waals surface area contributed by atoms with Gasteiger partial charge in [-0.3, -0.25) is 0 Å². The van der Waals surface area contributed by atoms with Gasteiger partial charge in [-0.05, 0) is 6.07 Å². The minimum atomic E-state index is 0.614. The van der Waals surface area contributed by atoms with E-state index in [9.17, 15) is 0 Å². The molecule has 0 aliphatic carbocycles.